The van der Waals surface area contributed by atoms with Crippen molar-refractivity contribution >= 4 is 11.6 Å². The molecule has 2 rings (SSSR count). The molecule has 0 heterocycles. The van der Waals surface area contributed by atoms with Crippen molar-refractivity contribution in [1.82, 2.24) is 0 Å². The van der Waals surface area contributed by atoms with Gasteiger partial charge in [-0.2, -0.15) is 13.2 Å². The van der Waals surface area contributed by atoms with Crippen molar-refractivity contribution in [2.24, 2.45) is 0 Å². The Labute approximate surface area is 133 Å². The molecule has 0 spiro atoms. The lowest BCUT2D eigenvalue weighted by Gasteiger charge is -2.11. The van der Waals surface area contributed by atoms with E-state index in [2.05, 4.69) is 12.2 Å². The lowest BCUT2D eigenvalue weighted by molar-refractivity contribution is -0.137. The summed E-state index contributed by atoms with van der Waals surface area (Å²) in [4.78, 5) is 12.2. The van der Waals surface area contributed by atoms with E-state index in [4.69, 9.17) is 0 Å². The van der Waals surface area contributed by atoms with Gasteiger partial charge in [-0.1, -0.05) is 25.5 Å². The van der Waals surface area contributed by atoms with E-state index in [1.165, 1.54) is 17.7 Å². The molecule has 122 valence electrons. The van der Waals surface area contributed by atoms with Crippen molar-refractivity contribution in [3.8, 4) is 0 Å². The third-order valence-electron chi connectivity index (χ3n) is 3.57. The Morgan fingerprint density at radius 1 is 1.13 bits per heavy atom. The number of nitrogens with one attached hydrogen (secondary N) is 1. The van der Waals surface area contributed by atoms with E-state index in [9.17, 15) is 18.0 Å². The van der Waals surface area contributed by atoms with E-state index in [-0.39, 0.29) is 5.69 Å². The molecule has 2 aromatic carbocycles. The van der Waals surface area contributed by atoms with Gasteiger partial charge in [0.05, 0.1) is 5.56 Å². The highest BCUT2D eigenvalue weighted by atomic mass is 19.4. The number of hydrogen-bond acceptors (Lipinski definition) is 1. The zero-order valence-corrected chi connectivity index (χ0v) is 13.0. The van der Waals surface area contributed by atoms with E-state index in [0.29, 0.717) is 5.56 Å². The summed E-state index contributed by atoms with van der Waals surface area (Å²) in [5.74, 6) is -0.421. The van der Waals surface area contributed by atoms with Crippen LogP contribution in [0.2, 0.25) is 0 Å². The van der Waals surface area contributed by atoms with Crippen LogP contribution < -0.4 is 5.32 Å². The summed E-state index contributed by atoms with van der Waals surface area (Å²) in [7, 11) is 0. The number of aryl methyl sites for hydroxylation is 2. The van der Waals surface area contributed by atoms with Crippen LogP contribution in [0, 0.1) is 6.92 Å². The normalized spacial score (nSPS) is 11.3. The number of carbonyl (C=O) groups excluding carboxylic acids is 1. The van der Waals surface area contributed by atoms with Gasteiger partial charge in [0.2, 0.25) is 0 Å². The highest BCUT2D eigenvalue weighted by Crippen LogP contribution is 2.30. The SMILES string of the molecule is CCCc1ccc(C(=O)Nc2cccc(C(F)(F)F)c2)cc1C. The van der Waals surface area contributed by atoms with E-state index >= 15 is 0 Å². The van der Waals surface area contributed by atoms with Crippen LogP contribution in [0.5, 0.6) is 0 Å². The first-order valence-electron chi connectivity index (χ1n) is 7.39. The average Bonchev–Trinajstić information content (AvgIpc) is 2.49. The third kappa shape index (κ3) is 4.34. The Hall–Kier alpha value is -2.30. The molecule has 0 bridgehead atoms. The number of benzene rings is 2. The lowest BCUT2D eigenvalue weighted by atomic mass is 10.0. The predicted octanol–water partition coefficient (Wildman–Crippen LogP) is 5.22. The second-order valence-electron chi connectivity index (χ2n) is 5.42. The molecule has 2 aromatic rings. The molecule has 0 saturated carbocycles. The number of rotatable bonds is 4. The second kappa shape index (κ2) is 6.86. The Bertz CT molecular complexity index is 708. The van der Waals surface area contributed by atoms with E-state index in [1.54, 1.807) is 12.1 Å². The Morgan fingerprint density at radius 2 is 1.87 bits per heavy atom. The zero-order chi connectivity index (χ0) is 17.0. The van der Waals surface area contributed by atoms with Gasteiger partial charge in [0.15, 0.2) is 0 Å². The maximum Gasteiger partial charge on any atom is 0.416 e. The monoisotopic (exact) mass is 321 g/mol. The summed E-state index contributed by atoms with van der Waals surface area (Å²) in [6.45, 7) is 4.00. The smallest absolute Gasteiger partial charge is 0.322 e. The standard InChI is InChI=1S/C18H18F3NO/c1-3-5-13-8-9-14(10-12(13)2)17(23)22-16-7-4-6-15(11-16)18(19,20)21/h4,6-11H,3,5H2,1-2H3,(H,22,23). The van der Waals surface area contributed by atoms with Crippen LogP contribution >= 0.6 is 0 Å². The van der Waals surface area contributed by atoms with Crippen LogP contribution in [0.3, 0.4) is 0 Å². The molecule has 0 atom stereocenters. The number of alkyl halides is 3. The Kier molecular flexibility index (Phi) is 5.08. The van der Waals surface area contributed by atoms with Gasteiger partial charge < -0.3 is 5.32 Å². The molecular weight excluding hydrogens is 303 g/mol. The molecular formula is C18H18F3NO. The van der Waals surface area contributed by atoms with Crippen molar-refractivity contribution in [2.75, 3.05) is 5.32 Å². The van der Waals surface area contributed by atoms with Gasteiger partial charge in [-0.25, -0.2) is 0 Å². The second-order valence-corrected chi connectivity index (χ2v) is 5.42. The molecule has 0 unspecified atom stereocenters. The maximum absolute atomic E-state index is 12.7. The van der Waals surface area contributed by atoms with Gasteiger partial charge in [0, 0.05) is 11.3 Å². The summed E-state index contributed by atoms with van der Waals surface area (Å²) >= 11 is 0. The molecule has 0 saturated heterocycles. The summed E-state index contributed by atoms with van der Waals surface area (Å²) in [5, 5.41) is 2.51. The predicted molar refractivity (Wildman–Crippen MR) is 84.6 cm³/mol. The molecule has 2 nitrogen and oxygen atoms in total. The van der Waals surface area contributed by atoms with Crippen LogP contribution in [0.4, 0.5) is 18.9 Å². The minimum atomic E-state index is -4.43. The quantitative estimate of drug-likeness (QED) is 0.822. The van der Waals surface area contributed by atoms with E-state index in [0.717, 1.165) is 30.5 Å². The fourth-order valence-corrected chi connectivity index (χ4v) is 2.36. The number of amides is 1. The minimum absolute atomic E-state index is 0.125. The lowest BCUT2D eigenvalue weighted by Crippen LogP contribution is -2.13. The minimum Gasteiger partial charge on any atom is -0.322 e. The fraction of sp³-hybridized carbons (Fsp3) is 0.278. The van der Waals surface area contributed by atoms with Crippen LogP contribution in [-0.4, -0.2) is 5.91 Å². The van der Waals surface area contributed by atoms with Gasteiger partial charge in [0.25, 0.3) is 5.91 Å². The summed E-state index contributed by atoms with van der Waals surface area (Å²) < 4.78 is 38.1. The van der Waals surface area contributed by atoms with Crippen LogP contribution in [0.1, 0.15) is 40.4 Å². The summed E-state index contributed by atoms with van der Waals surface area (Å²) in [6, 6.07) is 9.95. The van der Waals surface area contributed by atoms with Crippen molar-refractivity contribution < 1.29 is 18.0 Å². The molecule has 0 aliphatic carbocycles. The molecule has 1 N–H and O–H groups in total. The third-order valence-corrected chi connectivity index (χ3v) is 3.57. The van der Waals surface area contributed by atoms with Crippen molar-refractivity contribution in [3.63, 3.8) is 0 Å². The van der Waals surface area contributed by atoms with E-state index in [1.807, 2.05) is 13.0 Å². The fourth-order valence-electron chi connectivity index (χ4n) is 2.36. The summed E-state index contributed by atoms with van der Waals surface area (Å²) in [6.07, 6.45) is -2.49. The van der Waals surface area contributed by atoms with Gasteiger partial charge in [0.1, 0.15) is 0 Å². The number of carbonyl (C=O) groups is 1. The van der Waals surface area contributed by atoms with Gasteiger partial charge in [-0.15, -0.1) is 0 Å². The molecule has 5 heteroatoms. The number of hydrogen-bond donors (Lipinski definition) is 1. The summed E-state index contributed by atoms with van der Waals surface area (Å²) in [5.41, 5.74) is 1.94. The highest BCUT2D eigenvalue weighted by Gasteiger charge is 2.30. The van der Waals surface area contributed by atoms with Gasteiger partial charge in [-0.05, 0) is 54.8 Å². The maximum atomic E-state index is 12.7. The Balaban J connectivity index is 2.18. The first-order valence-corrected chi connectivity index (χ1v) is 7.39. The highest BCUT2D eigenvalue weighted by molar-refractivity contribution is 6.04. The number of anilines is 1. The largest absolute Gasteiger partial charge is 0.416 e. The Morgan fingerprint density at radius 3 is 2.48 bits per heavy atom. The first kappa shape index (κ1) is 17.1. The average molecular weight is 321 g/mol. The van der Waals surface area contributed by atoms with Crippen molar-refractivity contribution in [3.05, 3.63) is 64.7 Å². The molecule has 0 radical (unpaired) electrons. The molecule has 1 amide bonds. The van der Waals surface area contributed by atoms with Gasteiger partial charge in [-0.3, -0.25) is 4.79 Å². The molecule has 0 fully saturated rings. The van der Waals surface area contributed by atoms with Crippen LogP contribution in [0.15, 0.2) is 42.5 Å². The molecule has 23 heavy (non-hydrogen) atoms. The van der Waals surface area contributed by atoms with Crippen LogP contribution in [0.25, 0.3) is 0 Å². The van der Waals surface area contributed by atoms with Crippen molar-refractivity contribution in [1.29, 1.82) is 0 Å². The van der Waals surface area contributed by atoms with E-state index < -0.39 is 17.6 Å². The topological polar surface area (TPSA) is 29.1 Å². The first-order chi connectivity index (χ1) is 10.8. The van der Waals surface area contributed by atoms with Gasteiger partial charge >= 0.3 is 6.18 Å². The van der Waals surface area contributed by atoms with Crippen LogP contribution in [-0.2, 0) is 12.6 Å². The molecule has 0 aromatic heterocycles. The molecule has 0 aliphatic heterocycles. The molecule has 0 aliphatic rings. The van der Waals surface area contributed by atoms with Crippen molar-refractivity contribution in [2.45, 2.75) is 32.9 Å². The number of halogens is 3. The zero-order valence-electron chi connectivity index (χ0n) is 13.0.